The van der Waals surface area contributed by atoms with Crippen LogP contribution in [0.25, 0.3) is 11.5 Å². The molecule has 7 nitrogen and oxygen atoms in total. The standard InChI is InChI=1S/C16H24N4O3S.ClH/c1-11(2)20(5)24(21,22)14-8-6-13(7-9-14)16-18-15(19-23-16)10-12(3)17-4;/h6-9,11-12,17H,10H2,1-5H3;1H. The largest absolute Gasteiger partial charge is 0.334 e. The molecule has 0 aliphatic carbocycles. The lowest BCUT2D eigenvalue weighted by molar-refractivity contribution is 0.410. The van der Waals surface area contributed by atoms with Crippen LogP contribution in [0.2, 0.25) is 0 Å². The van der Waals surface area contributed by atoms with Gasteiger partial charge < -0.3 is 9.84 Å². The van der Waals surface area contributed by atoms with Gasteiger partial charge in [0.05, 0.1) is 4.90 Å². The molecule has 0 spiro atoms. The Balaban J connectivity index is 0.00000312. The molecule has 1 heterocycles. The maximum atomic E-state index is 12.4. The zero-order chi connectivity index (χ0) is 17.9. The van der Waals surface area contributed by atoms with Crippen molar-refractivity contribution in [1.29, 1.82) is 0 Å². The van der Waals surface area contributed by atoms with E-state index in [0.29, 0.717) is 23.7 Å². The Labute approximate surface area is 155 Å². The van der Waals surface area contributed by atoms with Crippen LogP contribution in [-0.4, -0.2) is 49.0 Å². The van der Waals surface area contributed by atoms with E-state index in [2.05, 4.69) is 15.5 Å². The van der Waals surface area contributed by atoms with Gasteiger partial charge in [0.25, 0.3) is 5.89 Å². The van der Waals surface area contributed by atoms with Gasteiger partial charge in [-0.1, -0.05) is 5.16 Å². The highest BCUT2D eigenvalue weighted by molar-refractivity contribution is 7.89. The van der Waals surface area contributed by atoms with Crippen LogP contribution in [0.15, 0.2) is 33.7 Å². The van der Waals surface area contributed by atoms with Crippen LogP contribution in [0.5, 0.6) is 0 Å². The Morgan fingerprint density at radius 1 is 1.20 bits per heavy atom. The van der Waals surface area contributed by atoms with Gasteiger partial charge in [-0.3, -0.25) is 0 Å². The molecule has 9 heteroatoms. The summed E-state index contributed by atoms with van der Waals surface area (Å²) in [5.74, 6) is 0.998. The molecule has 140 valence electrons. The van der Waals surface area contributed by atoms with Gasteiger partial charge in [-0.2, -0.15) is 9.29 Å². The Kier molecular flexibility index (Phi) is 7.55. The smallest absolute Gasteiger partial charge is 0.257 e. The summed E-state index contributed by atoms with van der Waals surface area (Å²) in [7, 11) is -0.0483. The minimum Gasteiger partial charge on any atom is -0.334 e. The number of halogens is 1. The van der Waals surface area contributed by atoms with Gasteiger partial charge in [0.1, 0.15) is 0 Å². The van der Waals surface area contributed by atoms with Gasteiger partial charge in [0.15, 0.2) is 5.82 Å². The van der Waals surface area contributed by atoms with E-state index < -0.39 is 10.0 Å². The number of rotatable bonds is 7. The third-order valence-corrected chi connectivity index (χ3v) is 6.00. The van der Waals surface area contributed by atoms with E-state index in [9.17, 15) is 8.42 Å². The molecule has 0 fully saturated rings. The van der Waals surface area contributed by atoms with Gasteiger partial charge in [0, 0.05) is 31.1 Å². The molecule has 2 rings (SSSR count). The fourth-order valence-electron chi connectivity index (χ4n) is 2.04. The molecule has 0 aliphatic heterocycles. The fraction of sp³-hybridized carbons (Fsp3) is 0.500. The van der Waals surface area contributed by atoms with E-state index >= 15 is 0 Å². The van der Waals surface area contributed by atoms with Crippen molar-refractivity contribution >= 4 is 22.4 Å². The predicted molar refractivity (Wildman–Crippen MR) is 99.3 cm³/mol. The van der Waals surface area contributed by atoms with Crippen LogP contribution in [-0.2, 0) is 16.4 Å². The summed E-state index contributed by atoms with van der Waals surface area (Å²) in [5, 5.41) is 7.06. The van der Waals surface area contributed by atoms with Crippen LogP contribution in [0, 0.1) is 0 Å². The van der Waals surface area contributed by atoms with Gasteiger partial charge in [0.2, 0.25) is 10.0 Å². The Morgan fingerprint density at radius 3 is 2.32 bits per heavy atom. The number of hydrogen-bond acceptors (Lipinski definition) is 6. The Bertz CT molecular complexity index is 775. The third-order valence-electron chi connectivity index (χ3n) is 3.96. The maximum absolute atomic E-state index is 12.4. The lowest BCUT2D eigenvalue weighted by Gasteiger charge is -2.20. The molecule has 0 saturated heterocycles. The number of likely N-dealkylation sites (N-methyl/N-ethyl adjacent to an activating group) is 1. The second-order valence-corrected chi connectivity index (χ2v) is 8.05. The summed E-state index contributed by atoms with van der Waals surface area (Å²) >= 11 is 0. The van der Waals surface area contributed by atoms with Gasteiger partial charge >= 0.3 is 0 Å². The first-order valence-corrected chi connectivity index (χ1v) is 9.28. The number of sulfonamides is 1. The summed E-state index contributed by atoms with van der Waals surface area (Å²) in [6, 6.07) is 6.62. The highest BCUT2D eigenvalue weighted by atomic mass is 35.5. The first kappa shape index (κ1) is 21.6. The van der Waals surface area contributed by atoms with Gasteiger partial charge in [-0.05, 0) is 52.1 Å². The van der Waals surface area contributed by atoms with Crippen molar-refractivity contribution in [2.75, 3.05) is 14.1 Å². The summed E-state index contributed by atoms with van der Waals surface area (Å²) in [6.07, 6.45) is 0.658. The molecular formula is C16H25ClN4O3S. The van der Waals surface area contributed by atoms with Crippen molar-refractivity contribution in [3.63, 3.8) is 0 Å². The van der Waals surface area contributed by atoms with Crippen molar-refractivity contribution in [2.24, 2.45) is 0 Å². The summed E-state index contributed by atoms with van der Waals surface area (Å²) in [4.78, 5) is 4.59. The molecule has 1 atom stereocenters. The topological polar surface area (TPSA) is 88.3 Å². The molecule has 0 amide bonds. The lowest BCUT2D eigenvalue weighted by Crippen LogP contribution is -2.32. The molecule has 0 saturated carbocycles. The van der Waals surface area contributed by atoms with Crippen molar-refractivity contribution in [3.05, 3.63) is 30.1 Å². The molecule has 1 aromatic heterocycles. The lowest BCUT2D eigenvalue weighted by atomic mass is 10.2. The second kappa shape index (κ2) is 8.75. The molecule has 0 aliphatic rings. The van der Waals surface area contributed by atoms with Crippen LogP contribution < -0.4 is 5.32 Å². The molecule has 1 N–H and O–H groups in total. The van der Waals surface area contributed by atoms with Gasteiger partial charge in [-0.15, -0.1) is 12.4 Å². The molecule has 1 unspecified atom stereocenters. The first-order valence-electron chi connectivity index (χ1n) is 7.84. The SMILES string of the molecule is CNC(C)Cc1noc(-c2ccc(S(=O)(=O)N(C)C(C)C)cc2)n1.Cl. The van der Waals surface area contributed by atoms with Crippen LogP contribution in [0.1, 0.15) is 26.6 Å². The Hall–Kier alpha value is -1.48. The number of hydrogen-bond donors (Lipinski definition) is 1. The summed E-state index contributed by atoms with van der Waals surface area (Å²) in [6.45, 7) is 5.69. The van der Waals surface area contributed by atoms with Crippen molar-refractivity contribution < 1.29 is 12.9 Å². The Morgan fingerprint density at radius 2 is 1.80 bits per heavy atom. The van der Waals surface area contributed by atoms with E-state index in [0.717, 1.165) is 0 Å². The monoisotopic (exact) mass is 388 g/mol. The van der Waals surface area contributed by atoms with E-state index in [1.165, 1.54) is 4.31 Å². The average molecular weight is 389 g/mol. The van der Waals surface area contributed by atoms with E-state index in [4.69, 9.17) is 4.52 Å². The predicted octanol–water partition coefficient (Wildman–Crippen LogP) is 2.34. The summed E-state index contributed by atoms with van der Waals surface area (Å²) in [5.41, 5.74) is 0.692. The highest BCUT2D eigenvalue weighted by Crippen LogP contribution is 2.22. The normalized spacial score (nSPS) is 13.1. The summed E-state index contributed by atoms with van der Waals surface area (Å²) < 4.78 is 31.5. The third kappa shape index (κ3) is 5.01. The van der Waals surface area contributed by atoms with E-state index in [1.807, 2.05) is 27.8 Å². The maximum Gasteiger partial charge on any atom is 0.257 e. The van der Waals surface area contributed by atoms with Crippen molar-refractivity contribution in [1.82, 2.24) is 19.8 Å². The number of aromatic nitrogens is 2. The minimum absolute atomic E-state index is 0. The van der Waals surface area contributed by atoms with Crippen LogP contribution in [0.4, 0.5) is 0 Å². The van der Waals surface area contributed by atoms with Gasteiger partial charge in [-0.25, -0.2) is 8.42 Å². The molecule has 1 aromatic carbocycles. The van der Waals surface area contributed by atoms with E-state index in [-0.39, 0.29) is 29.4 Å². The number of nitrogens with zero attached hydrogens (tertiary/aromatic N) is 3. The number of benzene rings is 1. The number of nitrogens with one attached hydrogen (secondary N) is 1. The van der Waals surface area contributed by atoms with Crippen LogP contribution in [0.3, 0.4) is 0 Å². The molecule has 25 heavy (non-hydrogen) atoms. The molecule has 2 aromatic rings. The van der Waals surface area contributed by atoms with Crippen molar-refractivity contribution in [2.45, 2.75) is 44.2 Å². The average Bonchev–Trinajstić information content (AvgIpc) is 3.02. The zero-order valence-corrected chi connectivity index (χ0v) is 16.7. The van der Waals surface area contributed by atoms with Crippen LogP contribution >= 0.6 is 12.4 Å². The first-order chi connectivity index (χ1) is 11.3. The molecule has 0 radical (unpaired) electrons. The second-order valence-electron chi connectivity index (χ2n) is 6.05. The zero-order valence-electron chi connectivity index (χ0n) is 15.1. The fourth-order valence-corrected chi connectivity index (χ4v) is 3.41. The minimum atomic E-state index is -3.49. The highest BCUT2D eigenvalue weighted by Gasteiger charge is 2.23. The van der Waals surface area contributed by atoms with Crippen molar-refractivity contribution in [3.8, 4) is 11.5 Å². The van der Waals surface area contributed by atoms with E-state index in [1.54, 1.807) is 31.3 Å². The quantitative estimate of drug-likeness (QED) is 0.783. The molecular weight excluding hydrogens is 364 g/mol. The molecule has 0 bridgehead atoms.